The molecule has 0 amide bonds. The van der Waals surface area contributed by atoms with Crippen molar-refractivity contribution in [2.45, 2.75) is 6.92 Å². The number of carbonyl (C=O) groups is 1. The molecule has 5 rings (SSSR count). The number of esters is 1. The Morgan fingerprint density at radius 3 is 1.66 bits per heavy atom. The van der Waals surface area contributed by atoms with Crippen LogP contribution in [-0.4, -0.2) is 17.1 Å². The van der Waals surface area contributed by atoms with Crippen LogP contribution in [-0.2, 0) is 4.74 Å². The van der Waals surface area contributed by atoms with Crippen LogP contribution in [0.15, 0.2) is 132 Å². The lowest BCUT2D eigenvalue weighted by molar-refractivity contribution is 0.0518. The molecular formula is C32H26N3O2P. The van der Waals surface area contributed by atoms with Gasteiger partial charge in [0.25, 0.3) is 0 Å². The lowest BCUT2D eigenvalue weighted by Crippen LogP contribution is -2.25. The van der Waals surface area contributed by atoms with E-state index in [-0.39, 0.29) is 12.3 Å². The number of hydrogen-bond donors (Lipinski definition) is 0. The third-order valence-corrected chi connectivity index (χ3v) is 9.88. The van der Waals surface area contributed by atoms with Gasteiger partial charge in [-0.05, 0) is 19.1 Å². The first kappa shape index (κ1) is 25.0. The van der Waals surface area contributed by atoms with E-state index in [9.17, 15) is 10.1 Å². The zero-order valence-corrected chi connectivity index (χ0v) is 21.8. The summed E-state index contributed by atoms with van der Waals surface area (Å²) in [6.07, 6.45) is 1.68. The molecule has 0 aliphatic heterocycles. The summed E-state index contributed by atoms with van der Waals surface area (Å²) in [5.41, 5.74) is 1.63. The van der Waals surface area contributed by atoms with Crippen molar-refractivity contribution in [2.24, 2.45) is 4.74 Å². The van der Waals surface area contributed by atoms with Gasteiger partial charge in [-0.3, -0.25) is 0 Å². The summed E-state index contributed by atoms with van der Waals surface area (Å²) >= 11 is 0. The zero-order valence-electron chi connectivity index (χ0n) is 20.9. The van der Waals surface area contributed by atoms with Crippen LogP contribution in [0.3, 0.4) is 0 Å². The number of ether oxygens (including phenoxy) is 1. The van der Waals surface area contributed by atoms with Gasteiger partial charge in [0.1, 0.15) is 11.8 Å². The summed E-state index contributed by atoms with van der Waals surface area (Å²) in [4.78, 5) is 13.5. The first-order valence-electron chi connectivity index (χ1n) is 12.4. The molecule has 5 nitrogen and oxygen atoms in total. The van der Waals surface area contributed by atoms with Gasteiger partial charge in [-0.2, -0.15) is 5.26 Å². The van der Waals surface area contributed by atoms with Crippen LogP contribution in [0.4, 0.5) is 5.69 Å². The normalized spacial score (nSPS) is 10.9. The minimum atomic E-state index is -2.73. The topological polar surface area (TPSA) is 67.4 Å². The van der Waals surface area contributed by atoms with Crippen molar-refractivity contribution in [3.63, 3.8) is 0 Å². The maximum Gasteiger partial charge on any atom is 0.357 e. The summed E-state index contributed by atoms with van der Waals surface area (Å²) in [6, 6.07) is 42.1. The molecule has 0 aliphatic rings. The number of carbonyl (C=O) groups excluding carboxylic acids is 1. The van der Waals surface area contributed by atoms with E-state index in [4.69, 9.17) is 9.48 Å². The fourth-order valence-electron chi connectivity index (χ4n) is 4.57. The smallest absolute Gasteiger partial charge is 0.357 e. The van der Waals surface area contributed by atoms with Crippen LogP contribution in [0.25, 0.3) is 5.69 Å². The minimum Gasteiger partial charge on any atom is -0.461 e. The first-order chi connectivity index (χ1) is 18.7. The molecule has 186 valence electrons. The van der Waals surface area contributed by atoms with Crippen molar-refractivity contribution in [2.75, 3.05) is 6.61 Å². The Hall–Kier alpha value is -4.65. The lowest BCUT2D eigenvalue weighted by Gasteiger charge is -2.27. The van der Waals surface area contributed by atoms with Crippen molar-refractivity contribution in [3.8, 4) is 11.8 Å². The Morgan fingerprint density at radius 2 is 1.24 bits per heavy atom. The molecule has 0 unspecified atom stereocenters. The molecule has 1 heterocycles. The number of rotatable bonds is 7. The van der Waals surface area contributed by atoms with Gasteiger partial charge in [0.05, 0.1) is 19.2 Å². The third kappa shape index (κ3) is 4.59. The van der Waals surface area contributed by atoms with Gasteiger partial charge >= 0.3 is 5.97 Å². The molecule has 38 heavy (non-hydrogen) atoms. The molecule has 0 saturated carbocycles. The summed E-state index contributed by atoms with van der Waals surface area (Å²) < 4.78 is 12.7. The molecule has 1 aromatic heterocycles. The van der Waals surface area contributed by atoms with E-state index in [1.807, 2.05) is 84.9 Å². The predicted molar refractivity (Wildman–Crippen MR) is 154 cm³/mol. The molecule has 5 aromatic rings. The highest BCUT2D eigenvalue weighted by molar-refractivity contribution is 7.87. The SMILES string of the molecule is CCOC(=O)c1c(N=P(c2ccccc2)(c2ccccc2)c2ccccc2)c(C#N)cn1-c1ccccc1. The number of nitrogens with zero attached hydrogens (tertiary/aromatic N) is 3. The quantitative estimate of drug-likeness (QED) is 0.188. The number of para-hydroxylation sites is 1. The fraction of sp³-hybridized carbons (Fsp3) is 0.0625. The van der Waals surface area contributed by atoms with Crippen molar-refractivity contribution in [3.05, 3.63) is 139 Å². The number of nitriles is 1. The molecule has 0 atom stereocenters. The number of hydrogen-bond acceptors (Lipinski definition) is 4. The number of aromatic nitrogens is 1. The van der Waals surface area contributed by atoms with Gasteiger partial charge in [-0.1, -0.05) is 109 Å². The molecule has 0 radical (unpaired) electrons. The van der Waals surface area contributed by atoms with E-state index in [1.165, 1.54) is 0 Å². The molecular weight excluding hydrogens is 489 g/mol. The van der Waals surface area contributed by atoms with Crippen molar-refractivity contribution in [1.29, 1.82) is 5.26 Å². The Kier molecular flexibility index (Phi) is 7.35. The monoisotopic (exact) mass is 515 g/mol. The van der Waals surface area contributed by atoms with Crippen LogP contribution in [0.5, 0.6) is 0 Å². The highest BCUT2D eigenvalue weighted by Crippen LogP contribution is 2.51. The van der Waals surface area contributed by atoms with Gasteiger partial charge in [-0.15, -0.1) is 0 Å². The molecule has 0 spiro atoms. The highest BCUT2D eigenvalue weighted by atomic mass is 31.2. The molecule has 0 N–H and O–H groups in total. The summed E-state index contributed by atoms with van der Waals surface area (Å²) in [5.74, 6) is -0.524. The van der Waals surface area contributed by atoms with E-state index >= 15 is 0 Å². The predicted octanol–water partition coefficient (Wildman–Crippen LogP) is 6.33. The van der Waals surface area contributed by atoms with Gasteiger partial charge in [0.2, 0.25) is 0 Å². The van der Waals surface area contributed by atoms with Gasteiger partial charge in [0, 0.05) is 27.8 Å². The van der Waals surface area contributed by atoms with Gasteiger partial charge in [0.15, 0.2) is 5.69 Å². The first-order valence-corrected chi connectivity index (χ1v) is 14.1. The Labute approximate surface area is 222 Å². The summed E-state index contributed by atoms with van der Waals surface area (Å²) in [5, 5.41) is 13.3. The van der Waals surface area contributed by atoms with Crippen LogP contribution in [0.1, 0.15) is 23.0 Å². The van der Waals surface area contributed by atoms with Gasteiger partial charge < -0.3 is 9.30 Å². The second kappa shape index (κ2) is 11.2. The van der Waals surface area contributed by atoms with Crippen LogP contribution >= 0.6 is 7.05 Å². The third-order valence-electron chi connectivity index (χ3n) is 6.24. The van der Waals surface area contributed by atoms with Crippen LogP contribution in [0, 0.1) is 11.3 Å². The molecule has 0 aliphatic carbocycles. The largest absolute Gasteiger partial charge is 0.461 e. The Morgan fingerprint density at radius 1 is 0.789 bits per heavy atom. The highest BCUT2D eigenvalue weighted by Gasteiger charge is 2.31. The second-order valence-corrected chi connectivity index (χ2v) is 11.5. The average molecular weight is 516 g/mol. The van der Waals surface area contributed by atoms with Crippen LogP contribution in [0.2, 0.25) is 0 Å². The minimum absolute atomic E-state index is 0.205. The lowest BCUT2D eigenvalue weighted by atomic mass is 10.2. The van der Waals surface area contributed by atoms with E-state index in [2.05, 4.69) is 42.5 Å². The molecule has 0 bridgehead atoms. The van der Waals surface area contributed by atoms with E-state index < -0.39 is 13.0 Å². The maximum absolute atomic E-state index is 13.5. The van der Waals surface area contributed by atoms with Crippen molar-refractivity contribution >= 4 is 34.6 Å². The van der Waals surface area contributed by atoms with E-state index in [0.29, 0.717) is 11.3 Å². The maximum atomic E-state index is 13.5. The van der Waals surface area contributed by atoms with Gasteiger partial charge in [-0.25, -0.2) is 9.54 Å². The molecule has 0 saturated heterocycles. The Bertz CT molecular complexity index is 1540. The van der Waals surface area contributed by atoms with Crippen LogP contribution < -0.4 is 15.9 Å². The fourth-order valence-corrected chi connectivity index (χ4v) is 8.12. The average Bonchev–Trinajstić information content (AvgIpc) is 3.36. The zero-order chi connectivity index (χ0) is 26.4. The van der Waals surface area contributed by atoms with E-state index in [1.54, 1.807) is 17.7 Å². The molecule has 0 fully saturated rings. The van der Waals surface area contributed by atoms with E-state index in [0.717, 1.165) is 21.6 Å². The van der Waals surface area contributed by atoms with Crippen molar-refractivity contribution in [1.82, 2.24) is 4.57 Å². The standard InChI is InChI=1S/C32H26N3O2P/c1-2-37-32(36)31-30(25(23-33)24-35(31)26-15-7-3-8-16-26)34-38(27-17-9-4-10-18-27,28-19-11-5-12-20-28)29-21-13-6-14-22-29/h3-22,24H,2H2,1H3. The number of benzene rings is 4. The Balaban J connectivity index is 1.96. The molecule has 4 aromatic carbocycles. The molecule has 6 heteroatoms. The summed E-state index contributed by atoms with van der Waals surface area (Å²) in [6.45, 7) is 1.97. The summed E-state index contributed by atoms with van der Waals surface area (Å²) in [7, 11) is -2.73. The second-order valence-electron chi connectivity index (χ2n) is 8.52. The van der Waals surface area contributed by atoms with Crippen molar-refractivity contribution < 1.29 is 9.53 Å².